The highest BCUT2D eigenvalue weighted by molar-refractivity contribution is 5.54. The van der Waals surface area contributed by atoms with E-state index in [2.05, 4.69) is 25.2 Å². The number of nitrogens with two attached hydrogens (primary N) is 1. The van der Waals surface area contributed by atoms with Gasteiger partial charge in [0.15, 0.2) is 0 Å². The summed E-state index contributed by atoms with van der Waals surface area (Å²) in [7, 11) is 0. The Morgan fingerprint density at radius 3 is 2.65 bits per heavy atom. The molecule has 0 radical (unpaired) electrons. The molecule has 0 spiro atoms. The van der Waals surface area contributed by atoms with Crippen molar-refractivity contribution in [2.24, 2.45) is 0 Å². The highest BCUT2D eigenvalue weighted by atomic mass is 16.5. The fourth-order valence-electron chi connectivity index (χ4n) is 1.63. The molecule has 1 aromatic rings. The van der Waals surface area contributed by atoms with Crippen molar-refractivity contribution in [2.45, 2.75) is 33.1 Å². The molecular weight excluding hydrogens is 212 g/mol. The smallest absolute Gasteiger partial charge is 0.142 e. The van der Waals surface area contributed by atoms with Gasteiger partial charge in [-0.25, -0.2) is 0 Å². The van der Waals surface area contributed by atoms with Crippen LogP contribution in [0.2, 0.25) is 0 Å². The highest BCUT2D eigenvalue weighted by Gasteiger charge is 2.01. The van der Waals surface area contributed by atoms with E-state index in [1.165, 1.54) is 12.0 Å². The van der Waals surface area contributed by atoms with Gasteiger partial charge in [-0.3, -0.25) is 0 Å². The first-order chi connectivity index (χ1) is 8.27. The average Bonchev–Trinajstić information content (AvgIpc) is 2.34. The topological polar surface area (TPSA) is 47.3 Å². The molecule has 0 heterocycles. The molecule has 3 heteroatoms. The maximum absolute atomic E-state index is 5.95. The monoisotopic (exact) mass is 236 g/mol. The van der Waals surface area contributed by atoms with E-state index in [-0.39, 0.29) is 0 Å². The Morgan fingerprint density at radius 2 is 2.00 bits per heavy atom. The van der Waals surface area contributed by atoms with Crippen molar-refractivity contribution in [3.63, 3.8) is 0 Å². The van der Waals surface area contributed by atoms with Crippen LogP contribution in [0, 0.1) is 0 Å². The van der Waals surface area contributed by atoms with Crippen molar-refractivity contribution in [3.8, 4) is 5.75 Å². The van der Waals surface area contributed by atoms with Crippen molar-refractivity contribution < 1.29 is 4.74 Å². The normalized spacial score (nSPS) is 10.5. The summed E-state index contributed by atoms with van der Waals surface area (Å²) in [6.07, 6.45) is 3.19. The van der Waals surface area contributed by atoms with Crippen LogP contribution in [-0.4, -0.2) is 19.7 Å². The summed E-state index contributed by atoms with van der Waals surface area (Å²) in [4.78, 5) is 0. The Morgan fingerprint density at radius 1 is 1.18 bits per heavy atom. The lowest BCUT2D eigenvalue weighted by molar-refractivity contribution is 0.319. The van der Waals surface area contributed by atoms with Crippen molar-refractivity contribution in [3.05, 3.63) is 23.8 Å². The van der Waals surface area contributed by atoms with Gasteiger partial charge in [-0.1, -0.05) is 19.9 Å². The molecule has 3 N–H and O–H groups in total. The van der Waals surface area contributed by atoms with Crippen LogP contribution < -0.4 is 15.8 Å². The van der Waals surface area contributed by atoms with Crippen LogP contribution in [0.3, 0.4) is 0 Å². The standard InChI is InChI=1S/C14H24N2O/c1-3-8-16-9-7-12-5-6-14(13(15)11-12)17-10-4-2/h5-6,11,16H,3-4,7-10,15H2,1-2H3. The van der Waals surface area contributed by atoms with E-state index in [1.807, 2.05) is 12.1 Å². The summed E-state index contributed by atoms with van der Waals surface area (Å²) >= 11 is 0. The molecule has 0 bridgehead atoms. The molecule has 17 heavy (non-hydrogen) atoms. The van der Waals surface area contributed by atoms with E-state index in [0.29, 0.717) is 0 Å². The van der Waals surface area contributed by atoms with Crippen LogP contribution in [0.5, 0.6) is 5.75 Å². The van der Waals surface area contributed by atoms with Gasteiger partial charge in [0.05, 0.1) is 12.3 Å². The first-order valence-electron chi connectivity index (χ1n) is 6.49. The third kappa shape index (κ3) is 5.09. The fourth-order valence-corrected chi connectivity index (χ4v) is 1.63. The van der Waals surface area contributed by atoms with Gasteiger partial charge in [-0.05, 0) is 50.0 Å². The summed E-state index contributed by atoms with van der Waals surface area (Å²) in [6, 6.07) is 6.08. The summed E-state index contributed by atoms with van der Waals surface area (Å²) < 4.78 is 5.54. The molecule has 96 valence electrons. The minimum atomic E-state index is 0.724. The molecule has 0 fully saturated rings. The van der Waals surface area contributed by atoms with Crippen molar-refractivity contribution in [1.29, 1.82) is 0 Å². The molecule has 0 saturated carbocycles. The van der Waals surface area contributed by atoms with E-state index in [4.69, 9.17) is 10.5 Å². The van der Waals surface area contributed by atoms with Crippen molar-refractivity contribution in [2.75, 3.05) is 25.4 Å². The zero-order valence-corrected chi connectivity index (χ0v) is 11.0. The van der Waals surface area contributed by atoms with Crippen LogP contribution in [0.1, 0.15) is 32.3 Å². The molecule has 0 atom stereocenters. The number of hydrogen-bond donors (Lipinski definition) is 2. The number of hydrogen-bond acceptors (Lipinski definition) is 3. The maximum atomic E-state index is 5.95. The largest absolute Gasteiger partial charge is 0.491 e. The van der Waals surface area contributed by atoms with E-state index in [1.54, 1.807) is 0 Å². The average molecular weight is 236 g/mol. The Balaban J connectivity index is 2.44. The Kier molecular flexibility index (Phi) is 6.48. The second kappa shape index (κ2) is 7.96. The maximum Gasteiger partial charge on any atom is 0.142 e. The third-order valence-electron chi connectivity index (χ3n) is 2.55. The molecule has 0 aliphatic rings. The lowest BCUT2D eigenvalue weighted by atomic mass is 10.1. The number of nitrogen functional groups attached to an aromatic ring is 1. The van der Waals surface area contributed by atoms with Crippen molar-refractivity contribution >= 4 is 5.69 Å². The third-order valence-corrected chi connectivity index (χ3v) is 2.55. The quantitative estimate of drug-likeness (QED) is 0.539. The van der Waals surface area contributed by atoms with Gasteiger partial charge in [0, 0.05) is 0 Å². The molecular formula is C14H24N2O. The molecule has 0 aliphatic heterocycles. The summed E-state index contributed by atoms with van der Waals surface area (Å²) in [5.74, 6) is 0.803. The van der Waals surface area contributed by atoms with Gasteiger partial charge in [0.1, 0.15) is 5.75 Å². The van der Waals surface area contributed by atoms with Gasteiger partial charge in [-0.15, -0.1) is 0 Å². The first-order valence-corrected chi connectivity index (χ1v) is 6.49. The molecule has 0 amide bonds. The van der Waals surface area contributed by atoms with Crippen LogP contribution in [-0.2, 0) is 6.42 Å². The Labute approximate surface area is 104 Å². The van der Waals surface area contributed by atoms with E-state index < -0.39 is 0 Å². The summed E-state index contributed by atoms with van der Waals surface area (Å²) in [5.41, 5.74) is 7.95. The lowest BCUT2D eigenvalue weighted by Crippen LogP contribution is -2.17. The van der Waals surface area contributed by atoms with Crippen LogP contribution >= 0.6 is 0 Å². The van der Waals surface area contributed by atoms with Crippen LogP contribution in [0.4, 0.5) is 5.69 Å². The minimum absolute atomic E-state index is 0.724. The number of rotatable bonds is 8. The fraction of sp³-hybridized carbons (Fsp3) is 0.571. The van der Waals surface area contributed by atoms with Gasteiger partial charge >= 0.3 is 0 Å². The van der Waals surface area contributed by atoms with E-state index in [9.17, 15) is 0 Å². The van der Waals surface area contributed by atoms with E-state index >= 15 is 0 Å². The number of benzene rings is 1. The van der Waals surface area contributed by atoms with Gasteiger partial charge < -0.3 is 15.8 Å². The Hall–Kier alpha value is -1.22. The number of ether oxygens (including phenoxy) is 1. The predicted molar refractivity (Wildman–Crippen MR) is 73.5 cm³/mol. The van der Waals surface area contributed by atoms with Gasteiger partial charge in [0.25, 0.3) is 0 Å². The van der Waals surface area contributed by atoms with Gasteiger partial charge in [0.2, 0.25) is 0 Å². The second-order valence-electron chi connectivity index (χ2n) is 4.22. The highest BCUT2D eigenvalue weighted by Crippen LogP contribution is 2.22. The summed E-state index contributed by atoms with van der Waals surface area (Å²) in [5, 5.41) is 3.38. The predicted octanol–water partition coefficient (Wildman–Crippen LogP) is 2.60. The zero-order valence-electron chi connectivity index (χ0n) is 11.0. The minimum Gasteiger partial charge on any atom is -0.491 e. The van der Waals surface area contributed by atoms with Crippen molar-refractivity contribution in [1.82, 2.24) is 5.32 Å². The molecule has 0 aromatic heterocycles. The summed E-state index contributed by atoms with van der Waals surface area (Å²) in [6.45, 7) is 7.06. The molecule has 1 aromatic carbocycles. The Bertz CT molecular complexity index is 326. The first kappa shape index (κ1) is 13.8. The van der Waals surface area contributed by atoms with Crippen LogP contribution in [0.25, 0.3) is 0 Å². The number of anilines is 1. The van der Waals surface area contributed by atoms with Gasteiger partial charge in [-0.2, -0.15) is 0 Å². The molecule has 0 unspecified atom stereocenters. The van der Waals surface area contributed by atoms with Crippen LogP contribution in [0.15, 0.2) is 18.2 Å². The molecule has 3 nitrogen and oxygen atoms in total. The number of nitrogens with one attached hydrogen (secondary N) is 1. The molecule has 1 rings (SSSR count). The SMILES string of the molecule is CCCNCCc1ccc(OCCC)c(N)c1. The zero-order chi connectivity index (χ0) is 12.5. The molecule has 0 aliphatic carbocycles. The second-order valence-corrected chi connectivity index (χ2v) is 4.22. The lowest BCUT2D eigenvalue weighted by Gasteiger charge is -2.10. The molecule has 0 saturated heterocycles. The van der Waals surface area contributed by atoms with E-state index in [0.717, 1.165) is 44.0 Å².